The van der Waals surface area contributed by atoms with E-state index in [0.29, 0.717) is 18.1 Å². The number of aromatic amines is 1. The second-order valence-electron chi connectivity index (χ2n) is 4.69. The molecule has 0 bridgehead atoms. The number of H-pyrrole nitrogens is 1. The molecule has 4 nitrogen and oxygen atoms in total. The van der Waals surface area contributed by atoms with Crippen molar-refractivity contribution in [3.8, 4) is 5.75 Å². The number of ether oxygens (including phenoxy) is 1. The van der Waals surface area contributed by atoms with E-state index in [2.05, 4.69) is 15.3 Å². The Bertz CT molecular complexity index is 712. The highest BCUT2D eigenvalue weighted by Gasteiger charge is 2.03. The monoisotopic (exact) mass is 285 g/mol. The molecule has 21 heavy (non-hydrogen) atoms. The van der Waals surface area contributed by atoms with Gasteiger partial charge in [0.2, 0.25) is 5.95 Å². The predicted molar refractivity (Wildman–Crippen MR) is 81.1 cm³/mol. The summed E-state index contributed by atoms with van der Waals surface area (Å²) in [5, 5.41) is 3.17. The smallest absolute Gasteiger partial charge is 0.201 e. The van der Waals surface area contributed by atoms with Gasteiger partial charge < -0.3 is 15.0 Å². The van der Waals surface area contributed by atoms with Gasteiger partial charge in [-0.1, -0.05) is 18.2 Å². The zero-order valence-electron chi connectivity index (χ0n) is 11.5. The maximum absolute atomic E-state index is 13.1. The number of para-hydroxylation sites is 1. The Morgan fingerprint density at radius 2 is 2.00 bits per heavy atom. The standard InChI is InChI=1S/C16H16FN3O/c17-12-7-8-14-15(11-12)20-16(19-14)18-9-4-10-21-13-5-2-1-3-6-13/h1-3,5-8,11H,4,9-10H2,(H2,18,19,20). The first kappa shape index (κ1) is 13.4. The Kier molecular flexibility index (Phi) is 4.00. The number of nitrogens with one attached hydrogen (secondary N) is 2. The first-order valence-electron chi connectivity index (χ1n) is 6.88. The van der Waals surface area contributed by atoms with E-state index in [1.165, 1.54) is 12.1 Å². The molecule has 0 unspecified atom stereocenters. The average Bonchev–Trinajstić information content (AvgIpc) is 2.90. The summed E-state index contributed by atoms with van der Waals surface area (Å²) in [5.41, 5.74) is 1.44. The molecule has 0 atom stereocenters. The van der Waals surface area contributed by atoms with Crippen LogP contribution in [-0.4, -0.2) is 23.1 Å². The van der Waals surface area contributed by atoms with Crippen LogP contribution < -0.4 is 10.1 Å². The van der Waals surface area contributed by atoms with Crippen LogP contribution >= 0.6 is 0 Å². The van der Waals surface area contributed by atoms with Gasteiger partial charge in [-0.05, 0) is 36.8 Å². The van der Waals surface area contributed by atoms with Gasteiger partial charge in [-0.25, -0.2) is 9.37 Å². The van der Waals surface area contributed by atoms with Gasteiger partial charge in [0.1, 0.15) is 11.6 Å². The van der Waals surface area contributed by atoms with Gasteiger partial charge >= 0.3 is 0 Å². The quantitative estimate of drug-likeness (QED) is 0.681. The Morgan fingerprint density at radius 3 is 2.86 bits per heavy atom. The Hall–Kier alpha value is -2.56. The number of aromatic nitrogens is 2. The summed E-state index contributed by atoms with van der Waals surface area (Å²) in [4.78, 5) is 7.38. The lowest BCUT2D eigenvalue weighted by Crippen LogP contribution is -2.08. The van der Waals surface area contributed by atoms with Crippen LogP contribution in [-0.2, 0) is 0 Å². The van der Waals surface area contributed by atoms with Gasteiger partial charge in [-0.3, -0.25) is 0 Å². The van der Waals surface area contributed by atoms with Gasteiger partial charge in [0.05, 0.1) is 17.6 Å². The van der Waals surface area contributed by atoms with Crippen molar-refractivity contribution >= 4 is 17.0 Å². The minimum absolute atomic E-state index is 0.269. The number of anilines is 1. The van der Waals surface area contributed by atoms with Gasteiger partial charge in [0.15, 0.2) is 0 Å². The van der Waals surface area contributed by atoms with Crippen LogP contribution in [0.3, 0.4) is 0 Å². The minimum Gasteiger partial charge on any atom is -0.494 e. The minimum atomic E-state index is -0.269. The molecule has 3 aromatic rings. The van der Waals surface area contributed by atoms with E-state index >= 15 is 0 Å². The molecule has 0 aliphatic rings. The lowest BCUT2D eigenvalue weighted by molar-refractivity contribution is 0.315. The first-order valence-corrected chi connectivity index (χ1v) is 6.88. The zero-order chi connectivity index (χ0) is 14.5. The Balaban J connectivity index is 1.46. The number of hydrogen-bond acceptors (Lipinski definition) is 3. The molecule has 1 heterocycles. The van der Waals surface area contributed by atoms with Crippen molar-refractivity contribution in [2.75, 3.05) is 18.5 Å². The largest absolute Gasteiger partial charge is 0.494 e. The molecular weight excluding hydrogens is 269 g/mol. The van der Waals surface area contributed by atoms with E-state index in [0.717, 1.165) is 24.2 Å². The van der Waals surface area contributed by atoms with Gasteiger partial charge in [-0.2, -0.15) is 0 Å². The number of halogens is 1. The van der Waals surface area contributed by atoms with Crippen molar-refractivity contribution in [3.63, 3.8) is 0 Å². The van der Waals surface area contributed by atoms with E-state index in [9.17, 15) is 4.39 Å². The fraction of sp³-hybridized carbons (Fsp3) is 0.188. The highest BCUT2D eigenvalue weighted by Crippen LogP contribution is 2.15. The second kappa shape index (κ2) is 6.26. The summed E-state index contributed by atoms with van der Waals surface area (Å²) in [6.45, 7) is 1.36. The number of hydrogen-bond donors (Lipinski definition) is 2. The first-order chi connectivity index (χ1) is 10.3. The molecule has 0 spiro atoms. The van der Waals surface area contributed by atoms with Gasteiger partial charge in [0, 0.05) is 6.54 Å². The fourth-order valence-electron chi connectivity index (χ4n) is 2.05. The molecule has 2 N–H and O–H groups in total. The molecule has 0 aliphatic carbocycles. The summed E-state index contributed by atoms with van der Waals surface area (Å²) in [6.07, 6.45) is 0.848. The Labute approximate surface area is 122 Å². The van der Waals surface area contributed by atoms with Crippen molar-refractivity contribution in [1.29, 1.82) is 0 Å². The van der Waals surface area contributed by atoms with Crippen molar-refractivity contribution in [3.05, 3.63) is 54.3 Å². The molecule has 2 aromatic carbocycles. The molecule has 108 valence electrons. The number of benzene rings is 2. The molecule has 0 amide bonds. The summed E-state index contributed by atoms with van der Waals surface area (Å²) in [7, 11) is 0. The van der Waals surface area contributed by atoms with Gasteiger partial charge in [-0.15, -0.1) is 0 Å². The van der Waals surface area contributed by atoms with E-state index in [-0.39, 0.29) is 5.82 Å². The number of nitrogens with zero attached hydrogens (tertiary/aromatic N) is 1. The van der Waals surface area contributed by atoms with Crippen LogP contribution in [0, 0.1) is 5.82 Å². The lowest BCUT2D eigenvalue weighted by atomic mass is 10.3. The highest BCUT2D eigenvalue weighted by molar-refractivity contribution is 5.77. The third kappa shape index (κ3) is 3.51. The summed E-state index contributed by atoms with van der Waals surface area (Å²) in [5.74, 6) is 1.25. The molecule has 0 saturated heterocycles. The maximum Gasteiger partial charge on any atom is 0.201 e. The molecule has 5 heteroatoms. The van der Waals surface area contributed by atoms with Crippen molar-refractivity contribution in [1.82, 2.24) is 9.97 Å². The number of imidazole rings is 1. The number of rotatable bonds is 6. The summed E-state index contributed by atoms with van der Waals surface area (Å²) in [6, 6.07) is 14.2. The van der Waals surface area contributed by atoms with Crippen LogP contribution in [0.1, 0.15) is 6.42 Å². The number of fused-ring (bicyclic) bond motifs is 1. The van der Waals surface area contributed by atoms with E-state index in [1.54, 1.807) is 6.07 Å². The molecule has 1 aromatic heterocycles. The van der Waals surface area contributed by atoms with E-state index < -0.39 is 0 Å². The molecule has 0 radical (unpaired) electrons. The van der Waals surface area contributed by atoms with Crippen LogP contribution in [0.25, 0.3) is 11.0 Å². The molecular formula is C16H16FN3O. The van der Waals surface area contributed by atoms with Gasteiger partial charge in [0.25, 0.3) is 0 Å². The lowest BCUT2D eigenvalue weighted by Gasteiger charge is -2.06. The highest BCUT2D eigenvalue weighted by atomic mass is 19.1. The van der Waals surface area contributed by atoms with Crippen molar-refractivity contribution < 1.29 is 9.13 Å². The van der Waals surface area contributed by atoms with E-state index in [1.807, 2.05) is 30.3 Å². The van der Waals surface area contributed by atoms with Crippen LogP contribution in [0.15, 0.2) is 48.5 Å². The zero-order valence-corrected chi connectivity index (χ0v) is 11.5. The third-order valence-corrected chi connectivity index (χ3v) is 3.07. The SMILES string of the molecule is Fc1ccc2nc(NCCCOc3ccccc3)[nH]c2c1. The van der Waals surface area contributed by atoms with Crippen molar-refractivity contribution in [2.45, 2.75) is 6.42 Å². The van der Waals surface area contributed by atoms with Crippen LogP contribution in [0.4, 0.5) is 10.3 Å². The molecule has 0 aliphatic heterocycles. The summed E-state index contributed by atoms with van der Waals surface area (Å²) < 4.78 is 18.7. The summed E-state index contributed by atoms with van der Waals surface area (Å²) >= 11 is 0. The molecule has 0 saturated carbocycles. The molecule has 3 rings (SSSR count). The maximum atomic E-state index is 13.1. The fourth-order valence-corrected chi connectivity index (χ4v) is 2.05. The van der Waals surface area contributed by atoms with Crippen LogP contribution in [0.5, 0.6) is 5.75 Å². The second-order valence-corrected chi connectivity index (χ2v) is 4.69. The molecule has 0 fully saturated rings. The normalized spacial score (nSPS) is 10.7. The average molecular weight is 285 g/mol. The van der Waals surface area contributed by atoms with Crippen molar-refractivity contribution in [2.24, 2.45) is 0 Å². The van der Waals surface area contributed by atoms with Crippen LogP contribution in [0.2, 0.25) is 0 Å². The van der Waals surface area contributed by atoms with E-state index in [4.69, 9.17) is 4.74 Å². The third-order valence-electron chi connectivity index (χ3n) is 3.07. The predicted octanol–water partition coefficient (Wildman–Crippen LogP) is 3.58. The topological polar surface area (TPSA) is 49.9 Å². The Morgan fingerprint density at radius 1 is 1.14 bits per heavy atom.